The summed E-state index contributed by atoms with van der Waals surface area (Å²) in [5, 5.41) is 31.5. The molecule has 13 N–H and O–H groups in total. The number of nitrogens with zero attached hydrogens (tertiary/aromatic N) is 2. The average Bonchev–Trinajstić information content (AvgIpc) is 3.46. The van der Waals surface area contributed by atoms with E-state index in [9.17, 15) is 57.5 Å². The van der Waals surface area contributed by atoms with E-state index in [0.717, 1.165) is 57.9 Å². The highest BCUT2D eigenvalue weighted by Crippen LogP contribution is 2.20. The summed E-state index contributed by atoms with van der Waals surface area (Å²) in [5.41, 5.74) is 5.55. The van der Waals surface area contributed by atoms with Gasteiger partial charge in [0.05, 0.1) is 24.3 Å². The standard InChI is InChI=1S/C62H116N14O14/c1-9-13-16-18-25-68-55(81)42-50(74-56(82)40-46(12-4)60(86)71-26-19-17-14-10-2)52(79)39-47(61(87)72-34-30-64-27-31-66-51(59(63)85)43-89-57(83)22-20-35-75(5)6)37-49(78)38-48(62(88)70-24-15-11-3)41-54(80)69-33-29-65-28-32-67-53(73-45-77)44-90-58(84)23-21-36-76(7)8/h45-48,50-51,53,64-67H,9-44H2,1-8H3,(H2,63,85)(H,68,81)(H,69,80)(H,70,88)(H,71,86)(H,72,87)(H,73,77)(H,74,82). The molecule has 0 fully saturated rings. The Labute approximate surface area is 535 Å². The first-order valence-electron chi connectivity index (χ1n) is 32.8. The molecule has 28 nitrogen and oxygen atoms in total. The highest BCUT2D eigenvalue weighted by Gasteiger charge is 2.33. The van der Waals surface area contributed by atoms with E-state index in [1.165, 1.54) is 0 Å². The normalized spacial score (nSPS) is 13.2. The molecule has 90 heavy (non-hydrogen) atoms. The second-order valence-corrected chi connectivity index (χ2v) is 23.3. The molecule has 0 aliphatic rings. The Hall–Kier alpha value is -6.20. The largest absolute Gasteiger partial charge is 0.463 e. The van der Waals surface area contributed by atoms with Crippen molar-refractivity contribution in [2.75, 3.05) is 126 Å². The van der Waals surface area contributed by atoms with Crippen LogP contribution in [0.2, 0.25) is 0 Å². The molecule has 0 aromatic rings. The van der Waals surface area contributed by atoms with E-state index < -0.39 is 115 Å². The van der Waals surface area contributed by atoms with E-state index in [-0.39, 0.29) is 90.0 Å². The van der Waals surface area contributed by atoms with Gasteiger partial charge in [0.1, 0.15) is 31.2 Å². The molecule has 6 atom stereocenters. The molecule has 6 unspecified atom stereocenters. The molecule has 0 aliphatic heterocycles. The van der Waals surface area contributed by atoms with Gasteiger partial charge in [0.15, 0.2) is 5.78 Å². The van der Waals surface area contributed by atoms with Crippen LogP contribution in [0.25, 0.3) is 0 Å². The van der Waals surface area contributed by atoms with Crippen LogP contribution in [0.3, 0.4) is 0 Å². The van der Waals surface area contributed by atoms with Crippen LogP contribution in [0.15, 0.2) is 0 Å². The summed E-state index contributed by atoms with van der Waals surface area (Å²) < 4.78 is 10.5. The predicted molar refractivity (Wildman–Crippen MR) is 344 cm³/mol. The van der Waals surface area contributed by atoms with Crippen LogP contribution in [-0.2, 0) is 67.0 Å². The van der Waals surface area contributed by atoms with Gasteiger partial charge in [0, 0.05) is 123 Å². The second kappa shape index (κ2) is 54.5. The molecule has 0 heterocycles. The molecule has 0 aliphatic carbocycles. The van der Waals surface area contributed by atoms with Gasteiger partial charge in [0.2, 0.25) is 47.8 Å². The number of rotatable bonds is 60. The van der Waals surface area contributed by atoms with E-state index in [1.807, 2.05) is 44.9 Å². The molecule has 0 saturated heterocycles. The Morgan fingerprint density at radius 3 is 1.43 bits per heavy atom. The van der Waals surface area contributed by atoms with Crippen molar-refractivity contribution in [2.45, 2.75) is 181 Å². The fourth-order valence-corrected chi connectivity index (χ4v) is 9.15. The maximum Gasteiger partial charge on any atom is 0.305 e. The summed E-state index contributed by atoms with van der Waals surface area (Å²) in [6.07, 6.45) is 7.72. The summed E-state index contributed by atoms with van der Waals surface area (Å²) in [4.78, 5) is 162. The van der Waals surface area contributed by atoms with Crippen LogP contribution in [0.1, 0.15) is 163 Å². The monoisotopic (exact) mass is 1280 g/mol. The van der Waals surface area contributed by atoms with Crippen molar-refractivity contribution in [3.05, 3.63) is 0 Å². The van der Waals surface area contributed by atoms with Crippen LogP contribution in [0, 0.1) is 17.8 Å². The van der Waals surface area contributed by atoms with Crippen LogP contribution >= 0.6 is 0 Å². The Bertz CT molecular complexity index is 2090. The number of unbranched alkanes of at least 4 members (excludes halogenated alkanes) is 7. The molecular weight excluding hydrogens is 1160 g/mol. The molecule has 0 spiro atoms. The lowest BCUT2D eigenvalue weighted by molar-refractivity contribution is -0.146. The van der Waals surface area contributed by atoms with Crippen molar-refractivity contribution in [1.29, 1.82) is 0 Å². The summed E-state index contributed by atoms with van der Waals surface area (Å²) in [7, 11) is 7.58. The Morgan fingerprint density at radius 2 is 0.900 bits per heavy atom. The van der Waals surface area contributed by atoms with E-state index in [0.29, 0.717) is 77.8 Å². The minimum Gasteiger partial charge on any atom is -0.463 e. The van der Waals surface area contributed by atoms with Crippen LogP contribution in [0.5, 0.6) is 0 Å². The van der Waals surface area contributed by atoms with Crippen molar-refractivity contribution in [3.8, 4) is 0 Å². The molecule has 0 rings (SSSR count). The lowest BCUT2D eigenvalue weighted by Gasteiger charge is -2.23. The van der Waals surface area contributed by atoms with Gasteiger partial charge in [-0.15, -0.1) is 0 Å². The number of Topliss-reactive ketones (excluding diaryl/α,β-unsaturated/α-hetero) is 2. The SMILES string of the molecule is CCCCCCNC(=O)CC(NC(=O)CC(CC)C(=O)NCCCCCC)C(=O)CC(CC(=O)CC(CC(=O)NCCNCCNC(COC(=O)CCCN(C)C)NC=O)C(=O)NCCCC)C(=O)NCCNCCNC(COC(=O)CCCN(C)C)C(N)=O. The third-order valence-electron chi connectivity index (χ3n) is 14.5. The summed E-state index contributed by atoms with van der Waals surface area (Å²) in [6.45, 7) is 11.9. The lowest BCUT2D eigenvalue weighted by atomic mass is 9.88. The van der Waals surface area contributed by atoms with Crippen molar-refractivity contribution in [3.63, 3.8) is 0 Å². The van der Waals surface area contributed by atoms with E-state index in [2.05, 4.69) is 72.3 Å². The zero-order chi connectivity index (χ0) is 67.3. The van der Waals surface area contributed by atoms with Gasteiger partial charge in [-0.3, -0.25) is 62.9 Å². The van der Waals surface area contributed by atoms with Gasteiger partial charge in [0.25, 0.3) is 0 Å². The van der Waals surface area contributed by atoms with E-state index in [1.54, 1.807) is 6.92 Å². The second-order valence-electron chi connectivity index (χ2n) is 23.3. The Kier molecular flexibility index (Phi) is 50.8. The summed E-state index contributed by atoms with van der Waals surface area (Å²) in [6, 6.07) is -2.40. The lowest BCUT2D eigenvalue weighted by Crippen LogP contribution is -2.48. The highest BCUT2D eigenvalue weighted by molar-refractivity contribution is 5.98. The smallest absolute Gasteiger partial charge is 0.305 e. The zero-order valence-corrected chi connectivity index (χ0v) is 55.7. The van der Waals surface area contributed by atoms with Crippen LogP contribution in [0.4, 0.5) is 0 Å². The molecule has 0 aromatic carbocycles. The van der Waals surface area contributed by atoms with Gasteiger partial charge in [-0.2, -0.15) is 0 Å². The predicted octanol–water partition coefficient (Wildman–Crippen LogP) is -0.195. The maximum atomic E-state index is 14.5. The van der Waals surface area contributed by atoms with Crippen molar-refractivity contribution in [1.82, 2.24) is 68.3 Å². The third kappa shape index (κ3) is 46.0. The highest BCUT2D eigenvalue weighted by atomic mass is 16.5. The van der Waals surface area contributed by atoms with Gasteiger partial charge in [-0.1, -0.05) is 72.6 Å². The van der Waals surface area contributed by atoms with Gasteiger partial charge < -0.3 is 78.2 Å². The van der Waals surface area contributed by atoms with E-state index >= 15 is 0 Å². The number of primary amides is 1. The number of ketones is 2. The third-order valence-corrected chi connectivity index (χ3v) is 14.5. The van der Waals surface area contributed by atoms with Gasteiger partial charge >= 0.3 is 11.9 Å². The topological polar surface area (TPSA) is 388 Å². The van der Waals surface area contributed by atoms with Gasteiger partial charge in [-0.25, -0.2) is 0 Å². The molecule has 28 heteroatoms. The molecule has 0 radical (unpaired) electrons. The number of hydrogen-bond acceptors (Lipinski definition) is 20. The fraction of sp³-hybridized carbons (Fsp3) is 0.806. The molecular formula is C62H116N14O14. The zero-order valence-electron chi connectivity index (χ0n) is 55.7. The number of carbonyl (C=O) groups is 12. The first kappa shape index (κ1) is 83.8. The Morgan fingerprint density at radius 1 is 0.444 bits per heavy atom. The molecule has 0 aromatic heterocycles. The molecule has 518 valence electrons. The first-order valence-corrected chi connectivity index (χ1v) is 32.8. The molecule has 8 amide bonds. The number of amides is 8. The first-order chi connectivity index (χ1) is 43.1. The van der Waals surface area contributed by atoms with Crippen LogP contribution < -0.4 is 64.2 Å². The number of hydrogen-bond donors (Lipinski definition) is 12. The number of nitrogens with two attached hydrogens (primary N) is 1. The number of esters is 2. The van der Waals surface area contributed by atoms with E-state index in [4.69, 9.17) is 15.2 Å². The Balaban J connectivity index is 6.39. The molecule has 0 saturated carbocycles. The number of nitrogens with one attached hydrogen (secondary N) is 11. The average molecular weight is 1280 g/mol. The molecule has 0 bridgehead atoms. The maximum absolute atomic E-state index is 14.5. The quantitative estimate of drug-likeness (QED) is 0.0162. The van der Waals surface area contributed by atoms with Crippen molar-refractivity contribution >= 4 is 71.3 Å². The van der Waals surface area contributed by atoms with Gasteiger partial charge in [-0.05, 0) is 79.8 Å². The van der Waals surface area contributed by atoms with Crippen LogP contribution in [-0.4, -0.2) is 226 Å². The number of ether oxygens (including phenoxy) is 2. The summed E-state index contributed by atoms with van der Waals surface area (Å²) in [5.74, 6) is -9.40. The minimum atomic E-state index is -1.44. The number of carbonyl (C=O) groups excluding carboxylic acids is 12. The fourth-order valence-electron chi connectivity index (χ4n) is 9.15. The van der Waals surface area contributed by atoms with Crippen molar-refractivity contribution in [2.24, 2.45) is 23.5 Å². The summed E-state index contributed by atoms with van der Waals surface area (Å²) >= 11 is 0. The van der Waals surface area contributed by atoms with Crippen molar-refractivity contribution < 1.29 is 67.0 Å². The minimum absolute atomic E-state index is 0.00191.